The van der Waals surface area contributed by atoms with Crippen LogP contribution in [0.3, 0.4) is 0 Å². The van der Waals surface area contributed by atoms with Crippen molar-refractivity contribution in [3.63, 3.8) is 0 Å². The fourth-order valence-corrected chi connectivity index (χ4v) is 3.41. The number of hydrogen-bond acceptors (Lipinski definition) is 7. The molecule has 8 nitrogen and oxygen atoms in total. The van der Waals surface area contributed by atoms with Gasteiger partial charge in [0.15, 0.2) is 16.7 Å². The van der Waals surface area contributed by atoms with Gasteiger partial charge in [-0.1, -0.05) is 17.7 Å². The summed E-state index contributed by atoms with van der Waals surface area (Å²) in [5.41, 5.74) is 1.92. The lowest BCUT2D eigenvalue weighted by molar-refractivity contribution is -0.385. The highest BCUT2D eigenvalue weighted by Crippen LogP contribution is 2.40. The number of carbonyl (C=O) groups is 1. The van der Waals surface area contributed by atoms with E-state index in [9.17, 15) is 14.9 Å². The number of nitro benzene ring substituents is 1. The number of hydrogen-bond donors (Lipinski definition) is 1. The third kappa shape index (κ3) is 3.49. The number of rotatable bonds is 3. The van der Waals surface area contributed by atoms with Crippen molar-refractivity contribution in [1.82, 2.24) is 5.32 Å². The maximum absolute atomic E-state index is 12.2. The van der Waals surface area contributed by atoms with Crippen LogP contribution in [0.25, 0.3) is 6.08 Å². The summed E-state index contributed by atoms with van der Waals surface area (Å²) in [6, 6.07) is 10.3. The number of nitro groups is 1. The van der Waals surface area contributed by atoms with E-state index in [1.54, 1.807) is 0 Å². The van der Waals surface area contributed by atoms with E-state index in [2.05, 4.69) is 10.3 Å². The second-order valence-corrected chi connectivity index (χ2v) is 6.87. The summed E-state index contributed by atoms with van der Waals surface area (Å²) in [4.78, 5) is 27.8. The van der Waals surface area contributed by atoms with E-state index in [1.807, 2.05) is 31.2 Å². The largest absolute Gasteiger partial charge is 0.454 e. The molecule has 4 rings (SSSR count). The van der Waals surface area contributed by atoms with Crippen LogP contribution < -0.4 is 14.8 Å². The van der Waals surface area contributed by atoms with Crippen LogP contribution in [0.1, 0.15) is 11.1 Å². The fourth-order valence-electron chi connectivity index (χ4n) is 2.58. The molecular formula is C18H13N3O5S. The Labute approximate surface area is 158 Å². The molecule has 0 atom stereocenters. The number of amides is 1. The predicted molar refractivity (Wildman–Crippen MR) is 101 cm³/mol. The number of carbonyl (C=O) groups excluding carboxylic acids is 1. The van der Waals surface area contributed by atoms with Crippen molar-refractivity contribution in [2.45, 2.75) is 6.92 Å². The van der Waals surface area contributed by atoms with Gasteiger partial charge in [-0.15, -0.1) is 0 Å². The predicted octanol–water partition coefficient (Wildman–Crippen LogP) is 3.52. The highest BCUT2D eigenvalue weighted by molar-refractivity contribution is 8.18. The molecule has 1 fully saturated rings. The Hall–Kier alpha value is -3.33. The van der Waals surface area contributed by atoms with E-state index in [0.29, 0.717) is 27.3 Å². The standard InChI is InChI=1S/C18H13N3O5S/c1-10-2-4-12(5-3-10)19-18-20-17(22)16(27-18)7-11-6-14-15(26-9-25-14)8-13(11)21(23)24/h2-8H,9H2,1H3,(H,19,20,22)/b16-7-. The van der Waals surface area contributed by atoms with Gasteiger partial charge in [0.05, 0.1) is 27.1 Å². The minimum atomic E-state index is -0.521. The molecule has 27 heavy (non-hydrogen) atoms. The number of benzene rings is 2. The summed E-state index contributed by atoms with van der Waals surface area (Å²) >= 11 is 1.12. The van der Waals surface area contributed by atoms with Crippen molar-refractivity contribution >= 4 is 40.3 Å². The highest BCUT2D eigenvalue weighted by Gasteiger charge is 2.27. The van der Waals surface area contributed by atoms with Gasteiger partial charge in [-0.05, 0) is 43.0 Å². The van der Waals surface area contributed by atoms with Crippen LogP contribution >= 0.6 is 11.8 Å². The first-order valence-electron chi connectivity index (χ1n) is 7.94. The van der Waals surface area contributed by atoms with Crippen molar-refractivity contribution in [1.29, 1.82) is 0 Å². The average molecular weight is 383 g/mol. The number of aryl methyl sites for hydroxylation is 1. The SMILES string of the molecule is Cc1ccc(N=C2NC(=O)/C(=C/c3cc4c(cc3[N+](=O)[O-])OCO4)S2)cc1. The molecule has 0 radical (unpaired) electrons. The van der Waals surface area contributed by atoms with Crippen molar-refractivity contribution in [2.24, 2.45) is 4.99 Å². The summed E-state index contributed by atoms with van der Waals surface area (Å²) in [6.45, 7) is 1.98. The quantitative estimate of drug-likeness (QED) is 0.494. The van der Waals surface area contributed by atoms with Crippen LogP contribution in [0, 0.1) is 17.0 Å². The molecule has 0 spiro atoms. The number of amidine groups is 1. The third-order valence-corrected chi connectivity index (χ3v) is 4.83. The van der Waals surface area contributed by atoms with Gasteiger partial charge in [0.2, 0.25) is 6.79 Å². The van der Waals surface area contributed by atoms with Gasteiger partial charge in [0.25, 0.3) is 11.6 Å². The first kappa shape index (κ1) is 17.1. The normalized spacial score (nSPS) is 18.2. The van der Waals surface area contributed by atoms with E-state index in [0.717, 1.165) is 17.3 Å². The lowest BCUT2D eigenvalue weighted by Crippen LogP contribution is -2.19. The summed E-state index contributed by atoms with van der Waals surface area (Å²) in [6.07, 6.45) is 1.46. The molecule has 0 aliphatic carbocycles. The second-order valence-electron chi connectivity index (χ2n) is 5.84. The summed E-state index contributed by atoms with van der Waals surface area (Å²) < 4.78 is 10.4. The van der Waals surface area contributed by atoms with E-state index in [1.165, 1.54) is 18.2 Å². The first-order chi connectivity index (χ1) is 13.0. The molecule has 9 heteroatoms. The minimum absolute atomic E-state index is 0.00903. The van der Waals surface area contributed by atoms with Crippen LogP contribution in [-0.4, -0.2) is 22.8 Å². The number of ether oxygens (including phenoxy) is 2. The first-order valence-corrected chi connectivity index (χ1v) is 8.75. The summed E-state index contributed by atoms with van der Waals surface area (Å²) in [5, 5.41) is 14.4. The Morgan fingerprint density at radius 2 is 1.93 bits per heavy atom. The van der Waals surface area contributed by atoms with Crippen LogP contribution in [0.15, 0.2) is 46.3 Å². The molecule has 1 N–H and O–H groups in total. The topological polar surface area (TPSA) is 103 Å². The Morgan fingerprint density at radius 1 is 1.22 bits per heavy atom. The van der Waals surface area contributed by atoms with Crippen molar-refractivity contribution < 1.29 is 19.2 Å². The lowest BCUT2D eigenvalue weighted by atomic mass is 10.1. The van der Waals surface area contributed by atoms with Gasteiger partial charge in [-0.25, -0.2) is 4.99 Å². The number of nitrogens with one attached hydrogen (secondary N) is 1. The minimum Gasteiger partial charge on any atom is -0.454 e. The second kappa shape index (κ2) is 6.76. The van der Waals surface area contributed by atoms with Crippen LogP contribution in [0.5, 0.6) is 11.5 Å². The smallest absolute Gasteiger partial charge is 0.280 e. The van der Waals surface area contributed by atoms with E-state index in [4.69, 9.17) is 9.47 Å². The number of thioether (sulfide) groups is 1. The molecule has 136 valence electrons. The number of nitrogens with zero attached hydrogens (tertiary/aromatic N) is 2. The van der Waals surface area contributed by atoms with E-state index in [-0.39, 0.29) is 24.0 Å². The molecular weight excluding hydrogens is 370 g/mol. The van der Waals surface area contributed by atoms with Gasteiger partial charge in [-0.3, -0.25) is 14.9 Å². The van der Waals surface area contributed by atoms with Gasteiger partial charge in [0, 0.05) is 0 Å². The molecule has 2 aliphatic rings. The van der Waals surface area contributed by atoms with Crippen molar-refractivity contribution in [3.8, 4) is 11.5 Å². The third-order valence-electron chi connectivity index (χ3n) is 3.92. The fraction of sp³-hybridized carbons (Fsp3) is 0.111. The number of fused-ring (bicyclic) bond motifs is 1. The maximum Gasteiger partial charge on any atom is 0.280 e. The van der Waals surface area contributed by atoms with Crippen molar-refractivity contribution in [2.75, 3.05) is 6.79 Å². The molecule has 2 aromatic carbocycles. The summed E-state index contributed by atoms with van der Waals surface area (Å²) in [5.74, 6) is 0.358. The number of aliphatic imine (C=N–C) groups is 1. The monoisotopic (exact) mass is 383 g/mol. The lowest BCUT2D eigenvalue weighted by Gasteiger charge is -2.01. The van der Waals surface area contributed by atoms with Crippen LogP contribution in [0.4, 0.5) is 11.4 Å². The summed E-state index contributed by atoms with van der Waals surface area (Å²) in [7, 11) is 0. The molecule has 0 unspecified atom stereocenters. The Bertz CT molecular complexity index is 1010. The van der Waals surface area contributed by atoms with Gasteiger partial charge >= 0.3 is 0 Å². The Morgan fingerprint density at radius 3 is 2.63 bits per heavy atom. The molecule has 2 aromatic rings. The molecule has 0 saturated carbocycles. The zero-order valence-corrected chi connectivity index (χ0v) is 14.9. The van der Waals surface area contributed by atoms with Gasteiger partial charge in [-0.2, -0.15) is 0 Å². The Kier molecular flexibility index (Phi) is 4.28. The molecule has 1 saturated heterocycles. The average Bonchev–Trinajstić information content (AvgIpc) is 3.22. The van der Waals surface area contributed by atoms with E-state index >= 15 is 0 Å². The zero-order chi connectivity index (χ0) is 19.0. The van der Waals surface area contributed by atoms with Gasteiger partial charge in [0.1, 0.15) is 0 Å². The molecule has 0 aromatic heterocycles. The van der Waals surface area contributed by atoms with E-state index < -0.39 is 4.92 Å². The molecule has 2 heterocycles. The zero-order valence-electron chi connectivity index (χ0n) is 14.1. The molecule has 2 aliphatic heterocycles. The Balaban J connectivity index is 1.66. The molecule has 0 bridgehead atoms. The molecule has 1 amide bonds. The highest BCUT2D eigenvalue weighted by atomic mass is 32.2. The van der Waals surface area contributed by atoms with Gasteiger partial charge < -0.3 is 14.8 Å². The van der Waals surface area contributed by atoms with Crippen LogP contribution in [-0.2, 0) is 4.79 Å². The van der Waals surface area contributed by atoms with Crippen LogP contribution in [0.2, 0.25) is 0 Å². The maximum atomic E-state index is 12.2. The van der Waals surface area contributed by atoms with Crippen molar-refractivity contribution in [3.05, 3.63) is 62.5 Å².